The largest absolute Gasteiger partial charge is 0.466 e. The number of nitrogens with zero attached hydrogens (tertiary/aromatic N) is 1. The lowest BCUT2D eigenvalue weighted by atomic mass is 10.1. The molecule has 4 nitrogen and oxygen atoms in total. The molecule has 1 aromatic carbocycles. The third-order valence-electron chi connectivity index (χ3n) is 2.31. The first kappa shape index (κ1) is 14.0. The average Bonchev–Trinajstić information content (AvgIpc) is 2.29. The standard InChI is InChI=1S/C13H15FN2O2/c1-3-18-13(17)7-9(2)16-12-6-4-5-11(14)10(12)8-15/h4-6,9,16H,3,7H2,1-2H3. The SMILES string of the molecule is CCOC(=O)CC(C)Nc1cccc(F)c1C#N. The Morgan fingerprint density at radius 1 is 1.61 bits per heavy atom. The summed E-state index contributed by atoms with van der Waals surface area (Å²) in [6, 6.07) is 5.89. The number of nitriles is 1. The summed E-state index contributed by atoms with van der Waals surface area (Å²) in [5.74, 6) is -0.904. The van der Waals surface area contributed by atoms with Crippen LogP contribution < -0.4 is 5.32 Å². The quantitative estimate of drug-likeness (QED) is 0.815. The first-order chi connectivity index (χ1) is 8.58. The summed E-state index contributed by atoms with van der Waals surface area (Å²) in [5, 5.41) is 11.8. The molecule has 5 heteroatoms. The minimum absolute atomic E-state index is 0.0480. The predicted octanol–water partition coefficient (Wildman–Crippen LogP) is 2.45. The molecule has 0 radical (unpaired) electrons. The van der Waals surface area contributed by atoms with Crippen LogP contribution in [0.15, 0.2) is 18.2 Å². The molecule has 0 heterocycles. The zero-order valence-corrected chi connectivity index (χ0v) is 10.4. The van der Waals surface area contributed by atoms with E-state index in [-0.39, 0.29) is 24.0 Å². The molecule has 1 rings (SSSR count). The van der Waals surface area contributed by atoms with Crippen molar-refractivity contribution in [2.24, 2.45) is 0 Å². The number of nitrogens with one attached hydrogen (secondary N) is 1. The lowest BCUT2D eigenvalue weighted by Gasteiger charge is -2.15. The smallest absolute Gasteiger partial charge is 0.307 e. The van der Waals surface area contributed by atoms with Gasteiger partial charge >= 0.3 is 5.97 Å². The highest BCUT2D eigenvalue weighted by atomic mass is 19.1. The van der Waals surface area contributed by atoms with Crippen LogP contribution in [0.2, 0.25) is 0 Å². The van der Waals surface area contributed by atoms with E-state index in [0.29, 0.717) is 12.3 Å². The molecule has 0 aliphatic heterocycles. The van der Waals surface area contributed by atoms with Gasteiger partial charge in [-0.2, -0.15) is 5.26 Å². The molecule has 18 heavy (non-hydrogen) atoms. The number of esters is 1. The zero-order chi connectivity index (χ0) is 13.5. The van der Waals surface area contributed by atoms with Crippen molar-refractivity contribution in [1.29, 1.82) is 5.26 Å². The van der Waals surface area contributed by atoms with Crippen LogP contribution in [0.1, 0.15) is 25.8 Å². The number of ether oxygens (including phenoxy) is 1. The molecule has 1 atom stereocenters. The van der Waals surface area contributed by atoms with Gasteiger partial charge < -0.3 is 10.1 Å². The maximum Gasteiger partial charge on any atom is 0.307 e. The van der Waals surface area contributed by atoms with Crippen molar-refractivity contribution < 1.29 is 13.9 Å². The Balaban J connectivity index is 2.71. The summed E-state index contributed by atoms with van der Waals surface area (Å²) >= 11 is 0. The van der Waals surface area contributed by atoms with Gasteiger partial charge in [0.25, 0.3) is 0 Å². The Kier molecular flexibility index (Phi) is 5.12. The summed E-state index contributed by atoms with van der Waals surface area (Å²) in [6.07, 6.45) is 0.162. The van der Waals surface area contributed by atoms with Gasteiger partial charge in [-0.25, -0.2) is 4.39 Å². The summed E-state index contributed by atoms with van der Waals surface area (Å²) < 4.78 is 18.1. The number of hydrogen-bond donors (Lipinski definition) is 1. The van der Waals surface area contributed by atoms with E-state index >= 15 is 0 Å². The third-order valence-corrected chi connectivity index (χ3v) is 2.31. The monoisotopic (exact) mass is 250 g/mol. The van der Waals surface area contributed by atoms with E-state index in [0.717, 1.165) is 0 Å². The molecule has 0 aliphatic carbocycles. The van der Waals surface area contributed by atoms with E-state index in [1.54, 1.807) is 26.0 Å². The van der Waals surface area contributed by atoms with Gasteiger partial charge in [0.05, 0.1) is 18.7 Å². The van der Waals surface area contributed by atoms with E-state index in [1.807, 2.05) is 0 Å². The van der Waals surface area contributed by atoms with Crippen molar-refractivity contribution in [3.63, 3.8) is 0 Å². The average molecular weight is 250 g/mol. The predicted molar refractivity (Wildman–Crippen MR) is 65.4 cm³/mol. The highest BCUT2D eigenvalue weighted by Crippen LogP contribution is 2.19. The Morgan fingerprint density at radius 3 is 2.94 bits per heavy atom. The molecule has 0 saturated carbocycles. The topological polar surface area (TPSA) is 62.1 Å². The maximum absolute atomic E-state index is 13.3. The minimum Gasteiger partial charge on any atom is -0.466 e. The van der Waals surface area contributed by atoms with Gasteiger partial charge in [-0.05, 0) is 26.0 Å². The second-order valence-electron chi connectivity index (χ2n) is 3.83. The molecule has 0 spiro atoms. The molecular weight excluding hydrogens is 235 g/mol. The fourth-order valence-corrected chi connectivity index (χ4v) is 1.54. The van der Waals surface area contributed by atoms with Crippen LogP contribution in [0.3, 0.4) is 0 Å². The second-order valence-corrected chi connectivity index (χ2v) is 3.83. The number of halogens is 1. The molecular formula is C13H15FN2O2. The Bertz CT molecular complexity index is 469. The van der Waals surface area contributed by atoms with E-state index < -0.39 is 5.82 Å². The molecule has 0 bridgehead atoms. The number of anilines is 1. The van der Waals surface area contributed by atoms with Crippen molar-refractivity contribution in [3.05, 3.63) is 29.6 Å². The van der Waals surface area contributed by atoms with Crippen LogP contribution in [0.5, 0.6) is 0 Å². The summed E-state index contributed by atoms with van der Waals surface area (Å²) in [7, 11) is 0. The van der Waals surface area contributed by atoms with Gasteiger partial charge in [0.1, 0.15) is 17.4 Å². The maximum atomic E-state index is 13.3. The van der Waals surface area contributed by atoms with Crippen LogP contribution in [0.4, 0.5) is 10.1 Å². The van der Waals surface area contributed by atoms with Gasteiger partial charge in [-0.15, -0.1) is 0 Å². The Morgan fingerprint density at radius 2 is 2.33 bits per heavy atom. The number of carbonyl (C=O) groups excluding carboxylic acids is 1. The first-order valence-electron chi connectivity index (χ1n) is 5.69. The van der Waals surface area contributed by atoms with Gasteiger partial charge in [-0.1, -0.05) is 6.07 Å². The van der Waals surface area contributed by atoms with E-state index in [4.69, 9.17) is 10.00 Å². The van der Waals surface area contributed by atoms with Crippen molar-refractivity contribution in [2.75, 3.05) is 11.9 Å². The van der Waals surface area contributed by atoms with E-state index in [9.17, 15) is 9.18 Å². The molecule has 1 N–H and O–H groups in total. The molecule has 0 aliphatic rings. The normalized spacial score (nSPS) is 11.4. The lowest BCUT2D eigenvalue weighted by Crippen LogP contribution is -2.21. The summed E-state index contributed by atoms with van der Waals surface area (Å²) in [5.41, 5.74) is 0.336. The molecule has 96 valence electrons. The van der Waals surface area contributed by atoms with Crippen LogP contribution in [0.25, 0.3) is 0 Å². The van der Waals surface area contributed by atoms with Gasteiger partial charge in [0, 0.05) is 6.04 Å². The Labute approximate surface area is 105 Å². The van der Waals surface area contributed by atoms with E-state index in [2.05, 4.69) is 5.32 Å². The molecule has 1 aromatic rings. The number of carbonyl (C=O) groups is 1. The van der Waals surface area contributed by atoms with Crippen molar-refractivity contribution in [3.8, 4) is 6.07 Å². The van der Waals surface area contributed by atoms with Crippen molar-refractivity contribution >= 4 is 11.7 Å². The van der Waals surface area contributed by atoms with Gasteiger partial charge in [-0.3, -0.25) is 4.79 Å². The van der Waals surface area contributed by atoms with Crippen LogP contribution >= 0.6 is 0 Å². The molecule has 1 unspecified atom stereocenters. The summed E-state index contributed by atoms with van der Waals surface area (Å²) in [6.45, 7) is 3.83. The first-order valence-corrected chi connectivity index (χ1v) is 5.69. The fourth-order valence-electron chi connectivity index (χ4n) is 1.54. The van der Waals surface area contributed by atoms with Crippen LogP contribution in [-0.4, -0.2) is 18.6 Å². The second kappa shape index (κ2) is 6.60. The molecule has 0 fully saturated rings. The van der Waals surface area contributed by atoms with Gasteiger partial charge in [0.15, 0.2) is 0 Å². The summed E-state index contributed by atoms with van der Waals surface area (Å²) in [4.78, 5) is 11.3. The third kappa shape index (κ3) is 3.74. The molecule has 0 amide bonds. The number of rotatable bonds is 5. The molecule has 0 saturated heterocycles. The van der Waals surface area contributed by atoms with Crippen LogP contribution in [0, 0.1) is 17.1 Å². The highest BCUT2D eigenvalue weighted by molar-refractivity contribution is 5.71. The van der Waals surface area contributed by atoms with Crippen molar-refractivity contribution in [1.82, 2.24) is 0 Å². The highest BCUT2D eigenvalue weighted by Gasteiger charge is 2.13. The molecule has 0 aromatic heterocycles. The van der Waals surface area contributed by atoms with Crippen molar-refractivity contribution in [2.45, 2.75) is 26.3 Å². The van der Waals surface area contributed by atoms with Gasteiger partial charge in [0.2, 0.25) is 0 Å². The fraction of sp³-hybridized carbons (Fsp3) is 0.385. The minimum atomic E-state index is -0.578. The lowest BCUT2D eigenvalue weighted by molar-refractivity contribution is -0.143. The number of hydrogen-bond acceptors (Lipinski definition) is 4. The number of benzene rings is 1. The van der Waals surface area contributed by atoms with Crippen LogP contribution in [-0.2, 0) is 9.53 Å². The Hall–Kier alpha value is -2.09. The van der Waals surface area contributed by atoms with E-state index in [1.165, 1.54) is 12.1 Å². The zero-order valence-electron chi connectivity index (χ0n) is 10.4.